The van der Waals surface area contributed by atoms with E-state index in [1.54, 1.807) is 36.6 Å². The van der Waals surface area contributed by atoms with Crippen LogP contribution in [0.3, 0.4) is 0 Å². The molecule has 10 heteroatoms. The first-order valence-corrected chi connectivity index (χ1v) is 12.1. The lowest BCUT2D eigenvalue weighted by atomic mass is 10.1. The van der Waals surface area contributed by atoms with E-state index < -0.39 is 26.8 Å². The van der Waals surface area contributed by atoms with Crippen LogP contribution in [0.25, 0.3) is 16.2 Å². The van der Waals surface area contributed by atoms with E-state index in [2.05, 4.69) is 10.1 Å². The molecule has 1 saturated carbocycles. The number of ether oxygens (including phenoxy) is 1. The summed E-state index contributed by atoms with van der Waals surface area (Å²) >= 11 is 1.29. The third-order valence-corrected chi connectivity index (χ3v) is 8.90. The van der Waals surface area contributed by atoms with Gasteiger partial charge in [0.2, 0.25) is 4.96 Å². The average molecular weight is 452 g/mol. The molecule has 162 valence electrons. The summed E-state index contributed by atoms with van der Waals surface area (Å²) in [7, 11) is -2.24. The molecule has 3 aromatic rings. The zero-order valence-corrected chi connectivity index (χ0v) is 18.9. The molecule has 8 nitrogen and oxygen atoms in total. The van der Waals surface area contributed by atoms with Crippen LogP contribution < -0.4 is 4.74 Å². The number of sulfone groups is 1. The molecule has 1 aliphatic carbocycles. The van der Waals surface area contributed by atoms with E-state index in [-0.39, 0.29) is 17.1 Å². The van der Waals surface area contributed by atoms with E-state index in [4.69, 9.17) is 4.74 Å². The molecule has 0 radical (unpaired) electrons. The Morgan fingerprint density at radius 1 is 1.30 bits per heavy atom. The van der Waals surface area contributed by atoms with E-state index in [1.807, 2.05) is 6.92 Å². The Hall–Kier alpha value is -2.01. The summed E-state index contributed by atoms with van der Waals surface area (Å²) in [5.74, 6) is 0.272. The van der Waals surface area contributed by atoms with Crippen LogP contribution in [0, 0.1) is 6.92 Å². The van der Waals surface area contributed by atoms with Gasteiger partial charge >= 0.3 is 0 Å². The van der Waals surface area contributed by atoms with E-state index in [0.717, 1.165) is 0 Å². The number of imidazole rings is 1. The molecule has 0 aliphatic heterocycles. The number of rotatable bonds is 5. The predicted molar refractivity (Wildman–Crippen MR) is 114 cm³/mol. The zero-order valence-electron chi connectivity index (χ0n) is 17.3. The second-order valence-electron chi connectivity index (χ2n) is 8.21. The lowest BCUT2D eigenvalue weighted by molar-refractivity contribution is 0.0773. The number of benzene rings is 1. The van der Waals surface area contributed by atoms with Crippen molar-refractivity contribution >= 4 is 26.1 Å². The number of aliphatic hydroxyl groups excluding tert-OH is 1. The van der Waals surface area contributed by atoms with E-state index in [0.29, 0.717) is 39.8 Å². The first kappa shape index (κ1) is 21.2. The van der Waals surface area contributed by atoms with Gasteiger partial charge < -0.3 is 14.9 Å². The number of fused-ring (bicyclic) bond motifs is 1. The highest BCUT2D eigenvalue weighted by molar-refractivity contribution is 7.92. The third-order valence-electron chi connectivity index (χ3n) is 5.44. The number of nitrogens with zero attached hydrogens (tertiary/aromatic N) is 3. The SMILES string of the molecule is COc1ccc(-c2c(C)nc3sc(C(C)(C)O)nn23)cc1S(=O)(=O)[C@@H]1CC[C@@H](O)C1. The van der Waals surface area contributed by atoms with Crippen molar-refractivity contribution in [2.24, 2.45) is 0 Å². The summed E-state index contributed by atoms with van der Waals surface area (Å²) < 4.78 is 33.6. The Kier molecular flexibility index (Phi) is 5.16. The van der Waals surface area contributed by atoms with Gasteiger partial charge in [-0.15, -0.1) is 0 Å². The van der Waals surface area contributed by atoms with E-state index >= 15 is 0 Å². The standard InChI is InChI=1S/C20H25N3O5S2/c1-11-17(23-19(21-11)29-18(22-23)20(2,3)25)12-5-8-15(28-4)16(9-12)30(26,27)14-7-6-13(24)10-14/h5,8-9,13-14,24-25H,6-7,10H2,1-4H3/t13-,14-/m1/s1. The summed E-state index contributed by atoms with van der Waals surface area (Å²) in [5.41, 5.74) is 0.919. The minimum atomic E-state index is -3.68. The van der Waals surface area contributed by atoms with Crippen LogP contribution in [-0.4, -0.2) is 51.7 Å². The van der Waals surface area contributed by atoms with Gasteiger partial charge in [0, 0.05) is 5.56 Å². The van der Waals surface area contributed by atoms with Crippen LogP contribution in [0.15, 0.2) is 23.1 Å². The monoisotopic (exact) mass is 451 g/mol. The molecule has 0 unspecified atom stereocenters. The number of hydrogen-bond acceptors (Lipinski definition) is 8. The molecule has 0 amide bonds. The fourth-order valence-corrected chi connectivity index (χ4v) is 6.80. The van der Waals surface area contributed by atoms with Crippen LogP contribution in [0.5, 0.6) is 5.75 Å². The van der Waals surface area contributed by atoms with E-state index in [9.17, 15) is 18.6 Å². The summed E-state index contributed by atoms with van der Waals surface area (Å²) in [6, 6.07) is 5.01. The second-order valence-corrected chi connectivity index (χ2v) is 11.4. The van der Waals surface area contributed by atoms with Gasteiger partial charge in [-0.25, -0.2) is 17.9 Å². The molecule has 2 heterocycles. The number of aliphatic hydroxyl groups is 2. The highest BCUT2D eigenvalue weighted by Crippen LogP contribution is 2.38. The van der Waals surface area contributed by atoms with Crippen LogP contribution in [0.2, 0.25) is 0 Å². The Morgan fingerprint density at radius 2 is 2.03 bits per heavy atom. The van der Waals surface area contributed by atoms with Crippen molar-refractivity contribution in [3.63, 3.8) is 0 Å². The molecule has 2 atom stereocenters. The fourth-order valence-electron chi connectivity index (χ4n) is 3.85. The lowest BCUT2D eigenvalue weighted by Gasteiger charge is -2.16. The van der Waals surface area contributed by atoms with Gasteiger partial charge in [0.25, 0.3) is 0 Å². The van der Waals surface area contributed by atoms with Crippen LogP contribution >= 0.6 is 11.3 Å². The molecule has 1 fully saturated rings. The third kappa shape index (κ3) is 3.51. The second kappa shape index (κ2) is 7.30. The number of hydrogen-bond donors (Lipinski definition) is 2. The molecule has 2 aromatic heterocycles. The molecule has 30 heavy (non-hydrogen) atoms. The predicted octanol–water partition coefficient (Wildman–Crippen LogP) is 2.69. The van der Waals surface area contributed by atoms with Crippen LogP contribution in [0.1, 0.15) is 43.8 Å². The van der Waals surface area contributed by atoms with Crippen molar-refractivity contribution in [1.29, 1.82) is 0 Å². The van der Waals surface area contributed by atoms with Crippen molar-refractivity contribution < 1.29 is 23.4 Å². The Labute approximate surface area is 179 Å². The van der Waals surface area contributed by atoms with Crippen molar-refractivity contribution in [2.45, 2.75) is 61.9 Å². The van der Waals surface area contributed by atoms with Crippen molar-refractivity contribution in [3.8, 4) is 17.0 Å². The number of aryl methyl sites for hydroxylation is 1. The quantitative estimate of drug-likeness (QED) is 0.613. The number of methoxy groups -OCH3 is 1. The maximum atomic E-state index is 13.3. The summed E-state index contributed by atoms with van der Waals surface area (Å²) in [6.07, 6.45) is 0.541. The molecule has 1 aromatic carbocycles. The van der Waals surface area contributed by atoms with Crippen LogP contribution in [-0.2, 0) is 15.4 Å². The molecule has 0 bridgehead atoms. The molecule has 2 N–H and O–H groups in total. The summed E-state index contributed by atoms with van der Waals surface area (Å²) in [6.45, 7) is 5.16. The molecular formula is C20H25N3O5S2. The fraction of sp³-hybridized carbons (Fsp3) is 0.500. The van der Waals surface area contributed by atoms with Gasteiger partial charge in [-0.2, -0.15) is 5.10 Å². The summed E-state index contributed by atoms with van der Waals surface area (Å²) in [4.78, 5) is 5.27. The van der Waals surface area contributed by atoms with Gasteiger partial charge in [-0.05, 0) is 58.2 Å². The molecule has 4 rings (SSSR count). The molecule has 0 saturated heterocycles. The smallest absolute Gasteiger partial charge is 0.213 e. The van der Waals surface area contributed by atoms with Crippen molar-refractivity contribution in [3.05, 3.63) is 28.9 Å². The van der Waals surface area contributed by atoms with Crippen LogP contribution in [0.4, 0.5) is 0 Å². The topological polar surface area (TPSA) is 114 Å². The van der Waals surface area contributed by atoms with Crippen molar-refractivity contribution in [1.82, 2.24) is 14.6 Å². The highest BCUT2D eigenvalue weighted by Gasteiger charge is 2.36. The minimum absolute atomic E-state index is 0.105. The molecule has 0 spiro atoms. The minimum Gasteiger partial charge on any atom is -0.495 e. The van der Waals surface area contributed by atoms with Gasteiger partial charge in [-0.1, -0.05) is 11.3 Å². The zero-order chi connectivity index (χ0) is 21.8. The maximum Gasteiger partial charge on any atom is 0.213 e. The molecule has 1 aliphatic rings. The highest BCUT2D eigenvalue weighted by atomic mass is 32.2. The Balaban J connectivity index is 1.86. The Morgan fingerprint density at radius 3 is 2.63 bits per heavy atom. The number of aromatic nitrogens is 3. The first-order chi connectivity index (χ1) is 14.0. The largest absolute Gasteiger partial charge is 0.495 e. The van der Waals surface area contributed by atoms with Gasteiger partial charge in [0.05, 0.1) is 29.9 Å². The first-order valence-electron chi connectivity index (χ1n) is 9.71. The van der Waals surface area contributed by atoms with Gasteiger partial charge in [0.1, 0.15) is 21.3 Å². The maximum absolute atomic E-state index is 13.3. The van der Waals surface area contributed by atoms with E-state index in [1.165, 1.54) is 18.4 Å². The summed E-state index contributed by atoms with van der Waals surface area (Å²) in [5, 5.41) is 24.5. The van der Waals surface area contributed by atoms with Gasteiger partial charge in [0.15, 0.2) is 9.84 Å². The molecular weight excluding hydrogens is 426 g/mol. The Bertz CT molecular complexity index is 1210. The van der Waals surface area contributed by atoms with Gasteiger partial charge in [-0.3, -0.25) is 0 Å². The average Bonchev–Trinajstić information content (AvgIpc) is 3.35. The normalized spacial score (nSPS) is 20.2. The van der Waals surface area contributed by atoms with Crippen molar-refractivity contribution in [2.75, 3.05) is 7.11 Å². The lowest BCUT2D eigenvalue weighted by Crippen LogP contribution is -2.20.